The van der Waals surface area contributed by atoms with Crippen LogP contribution in [-0.4, -0.2) is 14.7 Å². The Hall–Kier alpha value is -3.82. The van der Waals surface area contributed by atoms with Crippen molar-refractivity contribution in [1.29, 1.82) is 0 Å². The van der Waals surface area contributed by atoms with E-state index >= 15 is 0 Å². The summed E-state index contributed by atoms with van der Waals surface area (Å²) >= 11 is 0. The van der Waals surface area contributed by atoms with Crippen molar-refractivity contribution in [2.75, 3.05) is 5.32 Å². The first-order valence-corrected chi connectivity index (χ1v) is 9.58. The molecule has 0 aliphatic carbocycles. The highest BCUT2D eigenvalue weighted by atomic mass is 16.5. The summed E-state index contributed by atoms with van der Waals surface area (Å²) in [7, 11) is 0. The maximum atomic E-state index is 10.5. The van der Waals surface area contributed by atoms with Gasteiger partial charge in [-0.25, -0.2) is 9.36 Å². The van der Waals surface area contributed by atoms with Crippen LogP contribution in [0, 0.1) is 13.5 Å². The van der Waals surface area contributed by atoms with E-state index in [1.165, 1.54) is 6.20 Å². The summed E-state index contributed by atoms with van der Waals surface area (Å²) in [6.45, 7) is 13.0. The number of aromatic nitrogens is 2. The fourth-order valence-electron chi connectivity index (χ4n) is 3.48. The monoisotopic (exact) mass is 398 g/mol. The second-order valence-corrected chi connectivity index (χ2v) is 7.60. The molecule has 0 radical (unpaired) electrons. The Labute approximate surface area is 175 Å². The third-order valence-electron chi connectivity index (χ3n) is 4.92. The fraction of sp³-hybridized carbons (Fsp3) is 0.167. The minimum absolute atomic E-state index is 0.413. The smallest absolute Gasteiger partial charge is 0.231 e. The van der Waals surface area contributed by atoms with Crippen molar-refractivity contribution in [3.63, 3.8) is 0 Å². The molecule has 0 saturated carbocycles. The molecule has 2 heterocycles. The lowest BCUT2D eigenvalue weighted by molar-refractivity contribution is 0.0780. The van der Waals surface area contributed by atoms with Gasteiger partial charge in [0.25, 0.3) is 0 Å². The predicted octanol–water partition coefficient (Wildman–Crippen LogP) is 5.96. The van der Waals surface area contributed by atoms with E-state index in [0.717, 1.165) is 33.8 Å². The van der Waals surface area contributed by atoms with Gasteiger partial charge in [0.15, 0.2) is 0 Å². The van der Waals surface area contributed by atoms with Crippen LogP contribution in [0.4, 0.5) is 17.1 Å². The van der Waals surface area contributed by atoms with Gasteiger partial charge >= 0.3 is 0 Å². The maximum Gasteiger partial charge on any atom is 0.231 e. The van der Waals surface area contributed by atoms with E-state index in [0.29, 0.717) is 11.4 Å². The molecule has 0 bridgehead atoms. The SMILES string of the molecule is [C-]#[N+]c1cnn2cc(C(C)(C)O)c(C)c2c1Nc1ccc(Oc2ccccc2)cc1. The summed E-state index contributed by atoms with van der Waals surface area (Å²) in [5.41, 5.74) is 3.30. The van der Waals surface area contributed by atoms with Crippen molar-refractivity contribution in [3.05, 3.63) is 89.5 Å². The normalized spacial score (nSPS) is 11.3. The van der Waals surface area contributed by atoms with Crippen LogP contribution in [-0.2, 0) is 5.60 Å². The van der Waals surface area contributed by atoms with Crippen LogP contribution in [0.1, 0.15) is 25.0 Å². The molecule has 0 fully saturated rings. The minimum Gasteiger partial charge on any atom is -0.457 e. The van der Waals surface area contributed by atoms with Gasteiger partial charge in [-0.3, -0.25) is 0 Å². The lowest BCUT2D eigenvalue weighted by Gasteiger charge is -2.17. The maximum absolute atomic E-state index is 10.5. The highest BCUT2D eigenvalue weighted by Gasteiger charge is 2.24. The van der Waals surface area contributed by atoms with Gasteiger partial charge in [-0.05, 0) is 62.7 Å². The zero-order chi connectivity index (χ0) is 21.3. The van der Waals surface area contributed by atoms with Gasteiger partial charge in [-0.2, -0.15) is 5.10 Å². The van der Waals surface area contributed by atoms with Crippen LogP contribution in [0.2, 0.25) is 0 Å². The van der Waals surface area contributed by atoms with Crippen molar-refractivity contribution in [1.82, 2.24) is 9.61 Å². The van der Waals surface area contributed by atoms with Gasteiger partial charge in [-0.1, -0.05) is 18.2 Å². The molecule has 4 rings (SSSR count). The number of ether oxygens (including phenoxy) is 1. The van der Waals surface area contributed by atoms with Crippen molar-refractivity contribution in [3.8, 4) is 11.5 Å². The number of aryl methyl sites for hydroxylation is 1. The van der Waals surface area contributed by atoms with E-state index in [9.17, 15) is 5.11 Å². The van der Waals surface area contributed by atoms with Gasteiger partial charge in [0.05, 0.1) is 29.6 Å². The molecule has 0 atom stereocenters. The summed E-state index contributed by atoms with van der Waals surface area (Å²) in [6, 6.07) is 17.1. The van der Waals surface area contributed by atoms with Gasteiger partial charge < -0.3 is 15.2 Å². The van der Waals surface area contributed by atoms with E-state index in [1.54, 1.807) is 24.6 Å². The van der Waals surface area contributed by atoms with Gasteiger partial charge in [0.2, 0.25) is 5.69 Å². The van der Waals surface area contributed by atoms with Crippen molar-refractivity contribution >= 4 is 22.6 Å². The Balaban J connectivity index is 1.69. The third-order valence-corrected chi connectivity index (χ3v) is 4.92. The van der Waals surface area contributed by atoms with Crippen molar-refractivity contribution in [2.45, 2.75) is 26.4 Å². The van der Waals surface area contributed by atoms with E-state index < -0.39 is 5.60 Å². The molecular formula is C24H22N4O2. The predicted molar refractivity (Wildman–Crippen MR) is 118 cm³/mol. The third kappa shape index (κ3) is 3.71. The Morgan fingerprint density at radius 3 is 2.37 bits per heavy atom. The van der Waals surface area contributed by atoms with Gasteiger partial charge in [0.1, 0.15) is 11.5 Å². The molecule has 0 unspecified atom stereocenters. The van der Waals surface area contributed by atoms with Crippen LogP contribution < -0.4 is 10.1 Å². The first-order chi connectivity index (χ1) is 14.4. The minimum atomic E-state index is -1.01. The molecule has 2 aromatic carbocycles. The number of rotatable bonds is 5. The first kappa shape index (κ1) is 19.5. The molecule has 150 valence electrons. The molecule has 6 heteroatoms. The molecular weight excluding hydrogens is 376 g/mol. The molecule has 0 spiro atoms. The summed E-state index contributed by atoms with van der Waals surface area (Å²) in [5, 5.41) is 18.2. The average molecular weight is 398 g/mol. The Morgan fingerprint density at radius 1 is 1.07 bits per heavy atom. The molecule has 6 nitrogen and oxygen atoms in total. The Morgan fingerprint density at radius 2 is 1.73 bits per heavy atom. The highest BCUT2D eigenvalue weighted by Crippen LogP contribution is 2.37. The fourth-order valence-corrected chi connectivity index (χ4v) is 3.48. The average Bonchev–Trinajstić information content (AvgIpc) is 3.08. The highest BCUT2D eigenvalue weighted by molar-refractivity contribution is 5.90. The zero-order valence-electron chi connectivity index (χ0n) is 17.0. The van der Waals surface area contributed by atoms with Gasteiger partial charge in [-0.15, -0.1) is 0 Å². The number of nitrogens with zero attached hydrogens (tertiary/aromatic N) is 3. The number of benzene rings is 2. The summed E-state index contributed by atoms with van der Waals surface area (Å²) < 4.78 is 7.54. The number of hydrogen-bond donors (Lipinski definition) is 2. The standard InChI is InChI=1S/C24H22N4O2/c1-16-20(24(2,3)29)15-28-23(16)22(21(25-4)14-26-28)27-17-10-12-19(13-11-17)30-18-8-6-5-7-9-18/h5-15,27,29H,1-3H3. The van der Waals surface area contributed by atoms with Crippen LogP contribution in [0.3, 0.4) is 0 Å². The number of hydrogen-bond acceptors (Lipinski definition) is 4. The van der Waals surface area contributed by atoms with E-state index in [4.69, 9.17) is 11.3 Å². The second-order valence-electron chi connectivity index (χ2n) is 7.60. The number of nitrogens with one attached hydrogen (secondary N) is 1. The largest absolute Gasteiger partial charge is 0.457 e. The number of para-hydroxylation sites is 1. The molecule has 0 saturated heterocycles. The summed E-state index contributed by atoms with van der Waals surface area (Å²) in [6.07, 6.45) is 3.34. The van der Waals surface area contributed by atoms with Crippen molar-refractivity contribution < 1.29 is 9.84 Å². The lowest BCUT2D eigenvalue weighted by Crippen LogP contribution is -2.15. The first-order valence-electron chi connectivity index (χ1n) is 9.58. The molecule has 0 aliphatic heterocycles. The number of anilines is 2. The Kier molecular flexibility index (Phi) is 4.90. The van der Waals surface area contributed by atoms with Crippen LogP contribution in [0.15, 0.2) is 67.0 Å². The molecule has 30 heavy (non-hydrogen) atoms. The van der Waals surface area contributed by atoms with Crippen LogP contribution in [0.5, 0.6) is 11.5 Å². The van der Waals surface area contributed by atoms with Gasteiger partial charge in [0, 0.05) is 17.4 Å². The van der Waals surface area contributed by atoms with Crippen molar-refractivity contribution in [2.24, 2.45) is 0 Å². The topological polar surface area (TPSA) is 63.2 Å². The van der Waals surface area contributed by atoms with Crippen LogP contribution in [0.25, 0.3) is 10.4 Å². The zero-order valence-corrected chi connectivity index (χ0v) is 17.0. The van der Waals surface area contributed by atoms with E-state index in [-0.39, 0.29) is 0 Å². The molecule has 2 aromatic heterocycles. The van der Waals surface area contributed by atoms with Crippen LogP contribution >= 0.6 is 0 Å². The summed E-state index contributed by atoms with van der Waals surface area (Å²) in [5.74, 6) is 1.49. The Bertz CT molecular complexity index is 1230. The lowest BCUT2D eigenvalue weighted by atomic mass is 9.97. The van der Waals surface area contributed by atoms with E-state index in [2.05, 4.69) is 15.3 Å². The molecule has 4 aromatic rings. The summed E-state index contributed by atoms with van der Waals surface area (Å²) in [4.78, 5) is 3.63. The second kappa shape index (κ2) is 7.54. The molecule has 0 aliphatic rings. The number of fused-ring (bicyclic) bond motifs is 1. The van der Waals surface area contributed by atoms with E-state index in [1.807, 2.05) is 61.5 Å². The molecule has 0 amide bonds. The number of aliphatic hydroxyl groups is 1. The quantitative estimate of drug-likeness (QED) is 0.407. The molecule has 2 N–H and O–H groups in total.